The van der Waals surface area contributed by atoms with Gasteiger partial charge < -0.3 is 70.9 Å². The molecule has 16 rings (SSSR count). The monoisotopic (exact) mass is 1850 g/mol. The van der Waals surface area contributed by atoms with Crippen molar-refractivity contribution < 1.29 is 43.8 Å². The van der Waals surface area contributed by atoms with E-state index >= 15 is 0 Å². The number of rotatable bonds is 23. The molecule has 0 bridgehead atoms. The lowest BCUT2D eigenvalue weighted by molar-refractivity contribution is -0.385. The van der Waals surface area contributed by atoms with Crippen molar-refractivity contribution in [1.82, 2.24) is 74.8 Å². The average molecular weight is 1860 g/mol. The summed E-state index contributed by atoms with van der Waals surface area (Å²) >= 11 is 33.2. The van der Waals surface area contributed by atoms with Crippen molar-refractivity contribution in [3.8, 4) is 11.5 Å². The summed E-state index contributed by atoms with van der Waals surface area (Å²) in [6.45, 7) is 13.2. The van der Waals surface area contributed by atoms with Crippen molar-refractivity contribution in [3.05, 3.63) is 279 Å². The number of hydrazone groups is 1. The van der Waals surface area contributed by atoms with Crippen LogP contribution in [0.3, 0.4) is 0 Å². The predicted molar refractivity (Wildman–Crippen MR) is 486 cm³/mol. The van der Waals surface area contributed by atoms with Crippen LogP contribution in [0.4, 0.5) is 64.9 Å². The average Bonchev–Trinajstić information content (AvgIpc) is 0.822. The number of carbonyl (C=O) groups is 1. The van der Waals surface area contributed by atoms with E-state index in [1.165, 1.54) is 55.3 Å². The Morgan fingerprint density at radius 2 is 0.677 bits per heavy atom. The molecule has 0 atom stereocenters. The van der Waals surface area contributed by atoms with Crippen molar-refractivity contribution in [2.24, 2.45) is 16.7 Å². The number of carbonyl (C=O) groups excluding carboxylic acids is 1. The number of nitro benzene ring substituents is 2. The van der Waals surface area contributed by atoms with E-state index in [-0.39, 0.29) is 71.7 Å². The topological polar surface area (TPSA) is 520 Å². The number of aromatic hydroxyl groups is 2. The number of phenolic OH excluding ortho intramolecular Hbond substituents is 2. The van der Waals surface area contributed by atoms with E-state index in [4.69, 9.17) is 105 Å². The van der Waals surface area contributed by atoms with Crippen LogP contribution >= 0.6 is 69.6 Å². The van der Waals surface area contributed by atoms with E-state index in [9.17, 15) is 30.1 Å². The van der Waals surface area contributed by atoms with Crippen LogP contribution in [0.1, 0.15) is 63.0 Å². The summed E-state index contributed by atoms with van der Waals surface area (Å²) in [6.07, 6.45) is 5.57. The third-order valence-corrected chi connectivity index (χ3v) is 18.2. The molecule has 12 N–H and O–H groups in total. The van der Waals surface area contributed by atoms with Gasteiger partial charge in [0, 0.05) is 85.2 Å². The van der Waals surface area contributed by atoms with Crippen molar-refractivity contribution >= 4 is 147 Å². The smallest absolute Gasteiger partial charge is 0.283 e. The molecule has 4 aliphatic rings. The molecule has 12 aromatic rings. The van der Waals surface area contributed by atoms with Crippen LogP contribution in [-0.2, 0) is 51.7 Å². The number of nitrogens with zero attached hydrogens (tertiary/aromatic N) is 21. The van der Waals surface area contributed by atoms with Crippen LogP contribution in [0, 0.1) is 20.2 Å². The van der Waals surface area contributed by atoms with Crippen LogP contribution in [-0.4, -0.2) is 199 Å². The van der Waals surface area contributed by atoms with Gasteiger partial charge >= 0.3 is 0 Å². The maximum atomic E-state index is 11.2. The number of morpholine rings is 3. The first-order chi connectivity index (χ1) is 61.7. The number of hydrogen-bond acceptors (Lipinski definition) is 38. The number of benzene rings is 7. The molecule has 4 saturated heterocycles. The molecule has 40 nitrogen and oxygen atoms in total. The number of aldehydes is 1. The number of nitrogens with two attached hydrogens (primary N) is 2. The van der Waals surface area contributed by atoms with E-state index < -0.39 is 9.85 Å². The molecule has 4 fully saturated rings. The molecule has 127 heavy (non-hydrogen) atoms. The zero-order valence-corrected chi connectivity index (χ0v) is 72.5. The summed E-state index contributed by atoms with van der Waals surface area (Å²) in [6, 6.07) is 57.0. The molecule has 666 valence electrons. The molecule has 0 aliphatic carbocycles. The SMILES string of the molecule is C1CCOCC1.Clc1nc(Cl)nc(Cl)n1.Clc1nc(Cl)nc(NCc2ccccc2)n1.Clc1nc(NCc2ccccc2)nc(N2CCOCC2)n1.NCc1ccccc1.NNc1nc(NCc2ccccc2)nc(N2CCOCC2)n1.O=Cc1ccc(O)cc1[N+](=O)[O-].O=[N+]([O-])c1cc(O)ccc1/C=N/Nc1nc(NCc2ccccc2)nc(N2CCOCC2)n1. The zero-order chi connectivity index (χ0) is 90.2. The lowest BCUT2D eigenvalue weighted by Crippen LogP contribution is -2.37. The number of aromatic nitrogens is 15. The van der Waals surface area contributed by atoms with Crippen LogP contribution in [0.25, 0.3) is 0 Å². The van der Waals surface area contributed by atoms with Gasteiger partial charge in [-0.2, -0.15) is 79.9 Å². The maximum absolute atomic E-state index is 11.2. The Hall–Kier alpha value is -13.0. The number of ether oxygens (including phenoxy) is 4. The van der Waals surface area contributed by atoms with E-state index in [1.54, 1.807) is 0 Å². The van der Waals surface area contributed by atoms with Crippen LogP contribution in [0.15, 0.2) is 193 Å². The first kappa shape index (κ1) is 97.8. The van der Waals surface area contributed by atoms with Gasteiger partial charge in [-0.25, -0.2) is 11.3 Å². The Labute approximate surface area is 759 Å². The number of nitro groups is 2. The summed E-state index contributed by atoms with van der Waals surface area (Å²) in [7, 11) is 0. The number of nitrogens with one attached hydrogen (secondary N) is 6. The molecular weight excluding hydrogens is 1770 g/mol. The summed E-state index contributed by atoms with van der Waals surface area (Å²) in [4.78, 5) is 97.4. The van der Waals surface area contributed by atoms with Crippen LogP contribution in [0.2, 0.25) is 31.7 Å². The second kappa shape index (κ2) is 54.7. The Kier molecular flexibility index (Phi) is 42.1. The Balaban J connectivity index is 0.000000173. The van der Waals surface area contributed by atoms with Crippen molar-refractivity contribution in [3.63, 3.8) is 0 Å². The number of hydrazine groups is 1. The van der Waals surface area contributed by atoms with Gasteiger partial charge in [-0.1, -0.05) is 152 Å². The highest BCUT2D eigenvalue weighted by atomic mass is 35.5. The second-order valence-electron chi connectivity index (χ2n) is 26.3. The lowest BCUT2D eigenvalue weighted by atomic mass is 10.2. The third kappa shape index (κ3) is 36.6. The largest absolute Gasteiger partial charge is 0.508 e. The predicted octanol–water partition coefficient (Wildman–Crippen LogP) is 13.0. The highest BCUT2D eigenvalue weighted by Crippen LogP contribution is 2.26. The number of anilines is 9. The third-order valence-electron chi connectivity index (χ3n) is 17.2. The molecule has 0 radical (unpaired) electrons. The molecule has 0 amide bonds. The second-order valence-corrected chi connectivity index (χ2v) is 28.3. The minimum Gasteiger partial charge on any atom is -0.508 e. The van der Waals surface area contributed by atoms with E-state index in [1.807, 2.05) is 161 Å². The van der Waals surface area contributed by atoms with Gasteiger partial charge in [-0.3, -0.25) is 30.4 Å². The Bertz CT molecular complexity index is 5280. The van der Waals surface area contributed by atoms with E-state index in [0.717, 1.165) is 73.8 Å². The zero-order valence-electron chi connectivity index (χ0n) is 68.0. The Morgan fingerprint density at radius 3 is 1.01 bits per heavy atom. The Morgan fingerprint density at radius 1 is 0.378 bits per heavy atom. The van der Waals surface area contributed by atoms with Gasteiger partial charge in [0.1, 0.15) is 11.5 Å². The van der Waals surface area contributed by atoms with Crippen molar-refractivity contribution in [2.45, 2.75) is 52.0 Å². The quantitative estimate of drug-likeness (QED) is 0.00934. The van der Waals surface area contributed by atoms with E-state index in [0.29, 0.717) is 139 Å². The maximum Gasteiger partial charge on any atom is 0.283 e. The molecule has 7 aromatic carbocycles. The molecule has 5 aromatic heterocycles. The molecule has 0 spiro atoms. The molecular formula is C81H89Cl6N29O11. The minimum absolute atomic E-state index is 0.000000000000000444. The summed E-state index contributed by atoms with van der Waals surface area (Å²) < 4.78 is 21.1. The number of halogens is 6. The lowest BCUT2D eigenvalue weighted by Gasteiger charge is -2.27. The van der Waals surface area contributed by atoms with Crippen molar-refractivity contribution in [2.75, 3.05) is 139 Å². The van der Waals surface area contributed by atoms with Crippen LogP contribution < -0.4 is 58.4 Å². The molecule has 46 heteroatoms. The fourth-order valence-corrected chi connectivity index (χ4v) is 12.1. The first-order valence-electron chi connectivity index (χ1n) is 39.0. The van der Waals surface area contributed by atoms with Crippen molar-refractivity contribution in [1.29, 1.82) is 0 Å². The van der Waals surface area contributed by atoms with Crippen LogP contribution in [0.5, 0.6) is 11.5 Å². The molecule has 9 heterocycles. The summed E-state index contributed by atoms with van der Waals surface area (Å²) in [5, 5.41) is 56.8. The number of phenols is 2. The van der Waals surface area contributed by atoms with Gasteiger partial charge in [0.2, 0.25) is 85.2 Å². The fraction of sp³-hybridized carbons (Fsp3) is 0.272. The highest BCUT2D eigenvalue weighted by Gasteiger charge is 2.21. The summed E-state index contributed by atoms with van der Waals surface area (Å²) in [5.41, 5.74) is 15.8. The van der Waals surface area contributed by atoms with Gasteiger partial charge in [-0.05, 0) is 141 Å². The fourth-order valence-electron chi connectivity index (χ4n) is 11.0. The first-order valence-corrected chi connectivity index (χ1v) is 41.3. The summed E-state index contributed by atoms with van der Waals surface area (Å²) in [5.74, 6) is 8.92. The van der Waals surface area contributed by atoms with Gasteiger partial charge in [-0.15, -0.1) is 0 Å². The number of hydrogen-bond donors (Lipinski definition) is 10. The molecule has 4 aliphatic heterocycles. The van der Waals surface area contributed by atoms with Gasteiger partial charge in [0.15, 0.2) is 6.29 Å². The normalized spacial score (nSPS) is 13.1. The minimum atomic E-state index is -0.719. The van der Waals surface area contributed by atoms with Gasteiger partial charge in [0.25, 0.3) is 11.4 Å². The molecule has 0 unspecified atom stereocenters. The van der Waals surface area contributed by atoms with E-state index in [2.05, 4.69) is 117 Å². The number of nitrogen functional groups attached to an aromatic ring is 1. The molecule has 0 saturated carbocycles. The highest BCUT2D eigenvalue weighted by molar-refractivity contribution is 6.33. The van der Waals surface area contributed by atoms with Gasteiger partial charge in [0.05, 0.1) is 79.0 Å². The standard InChI is InChI=1S/C21H22N8O4.C14H16ClN5O.C14H19N7O.C10H8Cl2N4.C7H5NO4.C7H9N.C5H10O.C3Cl3N3/c30-17-7-6-16(18(12-17)29(31)32)14-23-27-20-24-19(22-13-15-4-2-1-3-5-15)25-21(26-20)28-8-10-33-11-9-28;15-12-17-13(16-10-11-4-2-1-3-5-11)19-14(18-12)20-6-8-21-9-7-20;15-20-13-17-12(16-10-11-4-2-1-3-5-11)18-14(19-13)21-6-8-22-9-7-21;11-8-14-9(12)16-10(15-8)13-6-7-4-2-1-3-5-7;9-4-5-1-2-6(10)3-7(5)8(11)12;8-6-7-4-2-1-3-5-7;1-2-4-6-5-3-1;4-1-7-2(5)9-3(6)8-1/h1-7,12,14,30H,8-11,13H2,(H2,22,24,25,26,27);1-5H,6-10H2,(H,16,17,18,19);1-5H,6-10,15H2,(H2,16,17,18,19,20);1-5H,6H2,(H,13,14,15,16);1-4,10H;1-5H,6,8H2;1-5H2;/b23-14+;;;;;;;.